The van der Waals surface area contributed by atoms with Crippen molar-refractivity contribution in [3.8, 4) is 0 Å². The van der Waals surface area contributed by atoms with Crippen LogP contribution < -0.4 is 0 Å². The molecule has 226 valence electrons. The van der Waals surface area contributed by atoms with Crippen molar-refractivity contribution in [1.29, 1.82) is 0 Å². The lowest BCUT2D eigenvalue weighted by Crippen LogP contribution is -2.35. The Morgan fingerprint density at radius 1 is 1.10 bits per heavy atom. The molecule has 0 radical (unpaired) electrons. The van der Waals surface area contributed by atoms with Crippen LogP contribution in [-0.2, 0) is 16.2 Å². The summed E-state index contributed by atoms with van der Waals surface area (Å²) in [4.78, 5) is 27.1. The highest BCUT2D eigenvalue weighted by Crippen LogP contribution is 2.30. The Morgan fingerprint density at radius 3 is 2.50 bits per heavy atom. The molecule has 0 saturated heterocycles. The number of ketones is 1. The average molecular weight is 592 g/mol. The van der Waals surface area contributed by atoms with Gasteiger partial charge in [-0.3, -0.25) is 4.79 Å². The lowest BCUT2D eigenvalue weighted by molar-refractivity contribution is -0.0417. The number of carbonyl (C=O) groups is 2. The number of carbonyl (C=O) groups excluding carboxylic acids is 2. The second kappa shape index (κ2) is 14.2. The molecule has 0 N–H and O–H groups in total. The van der Waals surface area contributed by atoms with Gasteiger partial charge >= 0.3 is 6.09 Å². The molecule has 1 aliphatic rings. The van der Waals surface area contributed by atoms with Crippen LogP contribution in [0, 0.1) is 0 Å². The first-order valence-corrected chi connectivity index (χ1v) is 15.3. The van der Waals surface area contributed by atoms with E-state index in [9.17, 15) is 9.59 Å². The molecule has 1 amide bonds. The Morgan fingerprint density at radius 2 is 1.83 bits per heavy atom. The normalized spacial score (nSPS) is 17.5. The number of hydrogen-bond donors (Lipinski definition) is 0. The molecule has 0 unspecified atom stereocenters. The maximum Gasteiger partial charge on any atom is 0.430 e. The van der Waals surface area contributed by atoms with E-state index in [2.05, 4.69) is 25.7 Å². The summed E-state index contributed by atoms with van der Waals surface area (Å²) in [5.74, 6) is -0.0111. The third-order valence-electron chi connectivity index (χ3n) is 6.26. The van der Waals surface area contributed by atoms with Crippen LogP contribution in [0.15, 0.2) is 76.1 Å². The summed E-state index contributed by atoms with van der Waals surface area (Å²) in [5.41, 5.74) is 2.42. The minimum Gasteiger partial charge on any atom is -0.442 e. The van der Waals surface area contributed by atoms with Crippen molar-refractivity contribution in [2.24, 2.45) is 5.10 Å². The van der Waals surface area contributed by atoms with Crippen molar-refractivity contribution in [2.75, 3.05) is 6.54 Å². The number of Topliss-reactive ketones (excluding diaryl/α,β-unsaturated/α-hetero) is 1. The molecule has 0 bridgehead atoms. The number of aromatic nitrogens is 1. The number of benzene rings is 1. The van der Waals surface area contributed by atoms with Crippen LogP contribution in [0.4, 0.5) is 4.79 Å². The summed E-state index contributed by atoms with van der Waals surface area (Å²) >= 11 is 1.45. The highest BCUT2D eigenvalue weighted by atomic mass is 32.2. The predicted molar refractivity (Wildman–Crippen MR) is 175 cm³/mol. The average Bonchev–Trinajstić information content (AvgIpc) is 3.29. The molecule has 0 fully saturated rings. The van der Waals surface area contributed by atoms with E-state index in [1.807, 2.05) is 94.9 Å². The van der Waals surface area contributed by atoms with Crippen molar-refractivity contribution in [3.63, 3.8) is 0 Å². The number of ether oxygens (including phenoxy) is 2. The first-order chi connectivity index (χ1) is 19.7. The second-order valence-corrected chi connectivity index (χ2v) is 13.2. The molecule has 0 spiro atoms. The molecule has 1 aromatic carbocycles. The van der Waals surface area contributed by atoms with E-state index in [1.165, 1.54) is 16.8 Å². The molecule has 1 aliphatic heterocycles. The van der Waals surface area contributed by atoms with E-state index in [0.29, 0.717) is 34.7 Å². The van der Waals surface area contributed by atoms with Gasteiger partial charge in [-0.15, -0.1) is 0 Å². The molecular formula is C34H45N3O4S. The zero-order valence-corrected chi connectivity index (χ0v) is 27.1. The molecule has 2 heterocycles. The van der Waals surface area contributed by atoms with Gasteiger partial charge in [0.05, 0.1) is 23.4 Å². The Bertz CT molecular complexity index is 1430. The van der Waals surface area contributed by atoms with Crippen LogP contribution in [-0.4, -0.2) is 44.9 Å². The first kappa shape index (κ1) is 33.1. The number of thioether (sulfide) groups is 1. The molecule has 1 aromatic heterocycles. The van der Waals surface area contributed by atoms with Crippen LogP contribution in [0.1, 0.15) is 90.7 Å². The van der Waals surface area contributed by atoms with Gasteiger partial charge in [-0.2, -0.15) is 10.1 Å². The fraction of sp³-hybridized carbons (Fsp3) is 0.441. The summed E-state index contributed by atoms with van der Waals surface area (Å²) < 4.78 is 13.9. The van der Waals surface area contributed by atoms with E-state index < -0.39 is 17.3 Å². The molecule has 8 heteroatoms. The van der Waals surface area contributed by atoms with Crippen LogP contribution >= 0.6 is 11.8 Å². The van der Waals surface area contributed by atoms with Crippen molar-refractivity contribution >= 4 is 40.3 Å². The largest absolute Gasteiger partial charge is 0.442 e. The molecule has 2 aromatic rings. The highest BCUT2D eigenvalue weighted by Gasteiger charge is 2.26. The summed E-state index contributed by atoms with van der Waals surface area (Å²) in [5, 5.41) is 9.02. The second-order valence-electron chi connectivity index (χ2n) is 12.2. The maximum absolute atomic E-state index is 13.3. The lowest BCUT2D eigenvalue weighted by atomic mass is 10.0. The zero-order valence-electron chi connectivity index (χ0n) is 26.3. The molecular weight excluding hydrogens is 546 g/mol. The van der Waals surface area contributed by atoms with E-state index in [1.54, 1.807) is 0 Å². The van der Waals surface area contributed by atoms with Crippen LogP contribution in [0.3, 0.4) is 0 Å². The highest BCUT2D eigenvalue weighted by molar-refractivity contribution is 8.06. The van der Waals surface area contributed by atoms with Crippen LogP contribution in [0.25, 0.3) is 10.9 Å². The monoisotopic (exact) mass is 591 g/mol. The number of allylic oxidation sites excluding steroid dienone is 5. The third-order valence-corrected chi connectivity index (χ3v) is 7.06. The van der Waals surface area contributed by atoms with Gasteiger partial charge in [0.25, 0.3) is 0 Å². The van der Waals surface area contributed by atoms with Crippen LogP contribution in [0.5, 0.6) is 0 Å². The minimum absolute atomic E-state index is 0.0111. The summed E-state index contributed by atoms with van der Waals surface area (Å²) in [6, 6.07) is 7.69. The van der Waals surface area contributed by atoms with Gasteiger partial charge < -0.3 is 14.0 Å². The van der Waals surface area contributed by atoms with Crippen molar-refractivity contribution in [2.45, 2.75) is 92.6 Å². The molecule has 3 rings (SSSR count). The number of amides is 1. The number of nitrogens with zero attached hydrogens (tertiary/aromatic N) is 3. The van der Waals surface area contributed by atoms with Crippen molar-refractivity contribution in [1.82, 2.24) is 9.58 Å². The summed E-state index contributed by atoms with van der Waals surface area (Å²) in [7, 11) is 0. The Hall–Kier alpha value is -3.36. The summed E-state index contributed by atoms with van der Waals surface area (Å²) in [6.07, 6.45) is 9.91. The van der Waals surface area contributed by atoms with E-state index in [-0.39, 0.29) is 12.5 Å². The van der Waals surface area contributed by atoms with E-state index >= 15 is 0 Å². The van der Waals surface area contributed by atoms with Gasteiger partial charge in [-0.1, -0.05) is 49.6 Å². The molecule has 7 nitrogen and oxygen atoms in total. The summed E-state index contributed by atoms with van der Waals surface area (Å²) in [6.45, 7) is 20.3. The standard InChI is InChI=1S/C34H45N3O4S/c1-10-11-12-13-16-24(2)31(38)26-17-18-28-27(21-26)22-29(36(28)23-40-33(4,5)6)30-25(3)42-20-15-14-19-37(35-30)32(39)41-34(7,8)9/h11-12,15-18,20-22H,3,10,13-14,19,23H2,1-2,4-9H3/b12-11-,20-15-,24-16?,35-30+. The van der Waals surface area contributed by atoms with Gasteiger partial charge in [0.1, 0.15) is 18.0 Å². The van der Waals surface area contributed by atoms with Gasteiger partial charge in [0.2, 0.25) is 0 Å². The Kier molecular flexibility index (Phi) is 11.2. The Balaban J connectivity index is 2.14. The number of hydrogen-bond acceptors (Lipinski definition) is 6. The number of hydrazone groups is 1. The first-order valence-electron chi connectivity index (χ1n) is 14.4. The fourth-order valence-corrected chi connectivity index (χ4v) is 4.81. The molecule has 0 atom stereocenters. The molecule has 42 heavy (non-hydrogen) atoms. The van der Waals surface area contributed by atoms with Gasteiger partial charge in [0, 0.05) is 15.9 Å². The predicted octanol–water partition coefficient (Wildman–Crippen LogP) is 9.00. The van der Waals surface area contributed by atoms with Gasteiger partial charge in [-0.05, 0) is 103 Å². The zero-order chi connectivity index (χ0) is 31.1. The Labute approximate surface area is 255 Å². The van der Waals surface area contributed by atoms with E-state index in [4.69, 9.17) is 14.6 Å². The number of rotatable bonds is 8. The quantitative estimate of drug-likeness (QED) is 0.174. The van der Waals surface area contributed by atoms with Gasteiger partial charge in [0.15, 0.2) is 5.78 Å². The van der Waals surface area contributed by atoms with E-state index in [0.717, 1.165) is 29.4 Å². The van der Waals surface area contributed by atoms with Crippen molar-refractivity contribution in [3.05, 3.63) is 82.3 Å². The lowest BCUT2D eigenvalue weighted by Gasteiger charge is -2.25. The smallest absolute Gasteiger partial charge is 0.430 e. The minimum atomic E-state index is -0.663. The van der Waals surface area contributed by atoms with Crippen molar-refractivity contribution < 1.29 is 19.1 Å². The molecule has 0 aliphatic carbocycles. The molecule has 0 saturated carbocycles. The maximum atomic E-state index is 13.3. The van der Waals surface area contributed by atoms with Gasteiger partial charge in [-0.25, -0.2) is 4.79 Å². The third kappa shape index (κ3) is 9.33. The number of fused-ring (bicyclic) bond motifs is 1. The van der Waals surface area contributed by atoms with Crippen LogP contribution in [0.2, 0.25) is 0 Å². The fourth-order valence-electron chi connectivity index (χ4n) is 4.15. The SMILES string of the molecule is C=C1S/C=C\CCN(C(=O)OC(C)(C)C)/N=C\1c1cc2cc(C(=O)C(C)=CC/C=C\CC)ccc2n1COC(C)(C)C. The topological polar surface area (TPSA) is 73.1 Å².